The lowest BCUT2D eigenvalue weighted by Crippen LogP contribution is -2.26. The number of aryl methyl sites for hydroxylation is 1. The lowest BCUT2D eigenvalue weighted by Gasteiger charge is -2.07. The molecule has 0 atom stereocenters. The first-order chi connectivity index (χ1) is 12.0. The van der Waals surface area contributed by atoms with E-state index in [1.54, 1.807) is 35.6 Å². The summed E-state index contributed by atoms with van der Waals surface area (Å²) in [4.78, 5) is 4.84. The maximum Gasteiger partial charge on any atom is 0.241 e. The lowest BCUT2D eigenvalue weighted by atomic mass is 10.2. The number of hydrogen-bond acceptors (Lipinski definition) is 4. The molecule has 0 aliphatic rings. The highest BCUT2D eigenvalue weighted by molar-refractivity contribution is 9.10. The molecule has 0 saturated carbocycles. The molecule has 0 bridgehead atoms. The molecule has 7 heteroatoms. The van der Waals surface area contributed by atoms with Crippen LogP contribution in [0.3, 0.4) is 0 Å². The third-order valence-electron chi connectivity index (χ3n) is 3.65. The number of aromatic nitrogens is 1. The van der Waals surface area contributed by atoms with Gasteiger partial charge in [0.2, 0.25) is 10.0 Å². The van der Waals surface area contributed by atoms with Crippen LogP contribution < -0.4 is 4.72 Å². The molecule has 130 valence electrons. The quantitative estimate of drug-likeness (QED) is 0.622. The third-order valence-corrected chi connectivity index (χ3v) is 7.06. The van der Waals surface area contributed by atoms with Crippen molar-refractivity contribution < 1.29 is 8.42 Å². The van der Waals surface area contributed by atoms with Gasteiger partial charge in [-0.2, -0.15) is 0 Å². The molecule has 0 spiro atoms. The van der Waals surface area contributed by atoms with Crippen LogP contribution in [0, 0.1) is 6.92 Å². The lowest BCUT2D eigenvalue weighted by molar-refractivity contribution is 0.581. The number of sulfonamides is 1. The Morgan fingerprint density at radius 3 is 2.56 bits per heavy atom. The fourth-order valence-electron chi connectivity index (χ4n) is 2.30. The second-order valence-electron chi connectivity index (χ2n) is 5.59. The summed E-state index contributed by atoms with van der Waals surface area (Å²) in [7, 11) is -3.53. The van der Waals surface area contributed by atoms with Gasteiger partial charge in [0.1, 0.15) is 5.01 Å². The van der Waals surface area contributed by atoms with Gasteiger partial charge in [0, 0.05) is 28.4 Å². The van der Waals surface area contributed by atoms with E-state index in [4.69, 9.17) is 0 Å². The topological polar surface area (TPSA) is 59.1 Å². The van der Waals surface area contributed by atoms with Crippen molar-refractivity contribution in [2.24, 2.45) is 0 Å². The molecule has 2 aromatic carbocycles. The van der Waals surface area contributed by atoms with Gasteiger partial charge >= 0.3 is 0 Å². The van der Waals surface area contributed by atoms with Crippen LogP contribution in [0.25, 0.3) is 10.6 Å². The minimum atomic E-state index is -3.53. The van der Waals surface area contributed by atoms with Crippen molar-refractivity contribution >= 4 is 37.3 Å². The summed E-state index contributed by atoms with van der Waals surface area (Å²) in [6.45, 7) is 2.36. The van der Waals surface area contributed by atoms with E-state index in [1.165, 1.54) is 5.56 Å². The van der Waals surface area contributed by atoms with Crippen LogP contribution in [0.4, 0.5) is 0 Å². The van der Waals surface area contributed by atoms with E-state index >= 15 is 0 Å². The molecule has 0 radical (unpaired) electrons. The SMILES string of the molecule is Cc1ccc(-c2nc(CCNS(=O)(=O)c3ccccc3Br)cs2)cc1. The molecule has 0 saturated heterocycles. The van der Waals surface area contributed by atoms with Gasteiger partial charge in [-0.05, 0) is 35.0 Å². The molecule has 0 unspecified atom stereocenters. The number of halogens is 1. The van der Waals surface area contributed by atoms with Crippen molar-refractivity contribution in [1.29, 1.82) is 0 Å². The standard InChI is InChI=1S/C18H17BrN2O2S2/c1-13-6-8-14(9-7-13)18-21-15(12-24-18)10-11-20-25(22,23)17-5-3-2-4-16(17)19/h2-9,12,20H,10-11H2,1H3. The Labute approximate surface area is 160 Å². The zero-order chi connectivity index (χ0) is 17.9. The van der Waals surface area contributed by atoms with Crippen LogP contribution in [0.1, 0.15) is 11.3 Å². The molecule has 3 aromatic rings. The molecule has 3 rings (SSSR count). The minimum absolute atomic E-state index is 0.244. The molecule has 0 fully saturated rings. The normalized spacial score (nSPS) is 11.6. The first-order valence-electron chi connectivity index (χ1n) is 7.71. The molecular formula is C18H17BrN2O2S2. The number of nitrogens with one attached hydrogen (secondary N) is 1. The molecule has 0 aliphatic heterocycles. The number of benzene rings is 2. The van der Waals surface area contributed by atoms with Gasteiger partial charge in [-0.15, -0.1) is 11.3 Å². The van der Waals surface area contributed by atoms with E-state index in [2.05, 4.69) is 37.8 Å². The maximum atomic E-state index is 12.3. The van der Waals surface area contributed by atoms with Gasteiger partial charge in [0.25, 0.3) is 0 Å². The van der Waals surface area contributed by atoms with E-state index in [0.717, 1.165) is 16.3 Å². The fraction of sp³-hybridized carbons (Fsp3) is 0.167. The van der Waals surface area contributed by atoms with Gasteiger partial charge in [-0.1, -0.05) is 42.0 Å². The Morgan fingerprint density at radius 1 is 1.12 bits per heavy atom. The van der Waals surface area contributed by atoms with Gasteiger partial charge in [-0.25, -0.2) is 18.1 Å². The van der Waals surface area contributed by atoms with Gasteiger partial charge in [0.15, 0.2) is 0 Å². The van der Waals surface area contributed by atoms with E-state index < -0.39 is 10.0 Å². The van der Waals surface area contributed by atoms with Crippen molar-refractivity contribution in [3.8, 4) is 10.6 Å². The number of hydrogen-bond donors (Lipinski definition) is 1. The summed E-state index contributed by atoms with van der Waals surface area (Å²) in [5.41, 5.74) is 3.17. The Bertz CT molecular complexity index is 967. The molecule has 0 aliphatic carbocycles. The van der Waals surface area contributed by atoms with Crippen molar-refractivity contribution in [2.75, 3.05) is 6.54 Å². The van der Waals surface area contributed by atoms with E-state index in [9.17, 15) is 8.42 Å². The maximum absolute atomic E-state index is 12.3. The Morgan fingerprint density at radius 2 is 1.84 bits per heavy atom. The van der Waals surface area contributed by atoms with E-state index in [-0.39, 0.29) is 4.90 Å². The number of thiazole rings is 1. The number of nitrogens with zero attached hydrogens (tertiary/aromatic N) is 1. The second kappa shape index (κ2) is 7.78. The smallest absolute Gasteiger partial charge is 0.241 e. The van der Waals surface area contributed by atoms with Crippen LogP contribution in [-0.2, 0) is 16.4 Å². The van der Waals surface area contributed by atoms with E-state index in [0.29, 0.717) is 17.4 Å². The van der Waals surface area contributed by atoms with Gasteiger partial charge < -0.3 is 0 Å². The summed E-state index contributed by atoms with van der Waals surface area (Å²) in [6.07, 6.45) is 0.548. The molecule has 1 N–H and O–H groups in total. The van der Waals surface area contributed by atoms with E-state index in [1.807, 2.05) is 24.4 Å². The average Bonchev–Trinajstić information content (AvgIpc) is 3.04. The minimum Gasteiger partial charge on any atom is -0.241 e. The molecular weight excluding hydrogens is 420 g/mol. The molecule has 1 aromatic heterocycles. The number of rotatable bonds is 6. The molecule has 0 amide bonds. The first-order valence-corrected chi connectivity index (χ1v) is 10.9. The zero-order valence-corrected chi connectivity index (χ0v) is 16.8. The Balaban J connectivity index is 1.63. The van der Waals surface area contributed by atoms with Crippen LogP contribution in [0.15, 0.2) is 63.3 Å². The zero-order valence-electron chi connectivity index (χ0n) is 13.6. The monoisotopic (exact) mass is 436 g/mol. The first kappa shape index (κ1) is 18.3. The Kier molecular flexibility index (Phi) is 5.68. The van der Waals surface area contributed by atoms with Crippen molar-refractivity contribution in [2.45, 2.75) is 18.2 Å². The fourth-order valence-corrected chi connectivity index (χ4v) is 5.20. The third kappa shape index (κ3) is 4.55. The highest BCUT2D eigenvalue weighted by Gasteiger charge is 2.16. The average molecular weight is 437 g/mol. The predicted octanol–water partition coefficient (Wildman–Crippen LogP) is 4.40. The van der Waals surface area contributed by atoms with Crippen molar-refractivity contribution in [3.63, 3.8) is 0 Å². The van der Waals surface area contributed by atoms with Gasteiger partial charge in [-0.3, -0.25) is 0 Å². The van der Waals surface area contributed by atoms with Crippen LogP contribution in [0.5, 0.6) is 0 Å². The summed E-state index contributed by atoms with van der Waals surface area (Å²) in [5.74, 6) is 0. The highest BCUT2D eigenvalue weighted by atomic mass is 79.9. The predicted molar refractivity (Wildman–Crippen MR) is 105 cm³/mol. The highest BCUT2D eigenvalue weighted by Crippen LogP contribution is 2.24. The summed E-state index contributed by atoms with van der Waals surface area (Å²) in [6, 6.07) is 15.0. The van der Waals surface area contributed by atoms with Crippen LogP contribution >= 0.6 is 27.3 Å². The summed E-state index contributed by atoms with van der Waals surface area (Å²) in [5, 5.41) is 2.92. The summed E-state index contributed by atoms with van der Waals surface area (Å²) >= 11 is 4.84. The molecule has 1 heterocycles. The van der Waals surface area contributed by atoms with Crippen LogP contribution in [-0.4, -0.2) is 19.9 Å². The molecule has 25 heavy (non-hydrogen) atoms. The largest absolute Gasteiger partial charge is 0.241 e. The second-order valence-corrected chi connectivity index (χ2v) is 9.04. The van der Waals surface area contributed by atoms with Crippen molar-refractivity contribution in [1.82, 2.24) is 9.71 Å². The summed E-state index contributed by atoms with van der Waals surface area (Å²) < 4.78 is 27.9. The van der Waals surface area contributed by atoms with Crippen LogP contribution in [0.2, 0.25) is 0 Å². The van der Waals surface area contributed by atoms with Crippen molar-refractivity contribution in [3.05, 3.63) is 69.6 Å². The van der Waals surface area contributed by atoms with Gasteiger partial charge in [0.05, 0.1) is 10.6 Å². The molecule has 4 nitrogen and oxygen atoms in total. The Hall–Kier alpha value is -1.54.